The second kappa shape index (κ2) is 43.6. The highest BCUT2D eigenvalue weighted by Crippen LogP contribution is 2.37. The number of nitrogen functional groups attached to an aromatic ring is 1. The molecule has 7 rings (SSSR count). The SMILES string of the molecule is CC.CC.CC(Oc1ccc([N+](=O)[O-])cc1[N+](=O)[O-])c1cc(COc2cc(CO)cc(OCc3cc(COc4ccc(N)cc4[N+](=O)[O-])cc(COc4ccc([N+](=O)[O-])cc4[N+](=O)[O-])c3)c2)cc(COc2ccc([N+](=O)[O-])cc2[N+](=O)[O-])c1.CCC.CCC.CCC.CCC. The maximum absolute atomic E-state index is 11.9. The number of hydrogen-bond donors (Lipinski definition) is 2. The quantitative estimate of drug-likeness (QED) is 0.0289. The zero-order chi connectivity index (χ0) is 71.9. The number of nitrogens with zero attached hydrogens (tertiary/aromatic N) is 7. The van der Waals surface area contributed by atoms with E-state index in [1.54, 1.807) is 36.4 Å². The molecular weight excluding hydrogens is 1240 g/mol. The molecule has 95 heavy (non-hydrogen) atoms. The topological polar surface area (TPSA) is 404 Å². The number of anilines is 1. The highest BCUT2D eigenvalue weighted by molar-refractivity contribution is 5.57. The first-order valence-electron chi connectivity index (χ1n) is 30.4. The van der Waals surface area contributed by atoms with Crippen LogP contribution in [0, 0.1) is 70.8 Å². The van der Waals surface area contributed by atoms with E-state index in [4.69, 9.17) is 34.2 Å². The van der Waals surface area contributed by atoms with Crippen molar-refractivity contribution in [3.8, 4) is 34.5 Å². The lowest BCUT2D eigenvalue weighted by Crippen LogP contribution is -2.09. The fourth-order valence-electron chi connectivity index (χ4n) is 7.67. The molecule has 0 aliphatic heterocycles. The van der Waals surface area contributed by atoms with Crippen LogP contribution in [-0.2, 0) is 39.6 Å². The van der Waals surface area contributed by atoms with Gasteiger partial charge in [0.2, 0.25) is 0 Å². The molecule has 0 spiro atoms. The van der Waals surface area contributed by atoms with Crippen molar-refractivity contribution in [3.63, 3.8) is 0 Å². The third-order valence-corrected chi connectivity index (χ3v) is 11.3. The Morgan fingerprint density at radius 3 is 0.937 bits per heavy atom. The lowest BCUT2D eigenvalue weighted by molar-refractivity contribution is -0.395. The van der Waals surface area contributed by atoms with Gasteiger partial charge in [-0.15, -0.1) is 0 Å². The number of rotatable bonds is 26. The molecule has 1 unspecified atom stereocenters. The molecule has 0 aliphatic carbocycles. The smallest absolute Gasteiger partial charge is 0.317 e. The highest BCUT2D eigenvalue weighted by Gasteiger charge is 2.26. The van der Waals surface area contributed by atoms with Crippen molar-refractivity contribution < 1.29 is 68.0 Å². The summed E-state index contributed by atoms with van der Waals surface area (Å²) in [5.41, 5.74) is 4.53. The summed E-state index contributed by atoms with van der Waals surface area (Å²) in [4.78, 5) is 75.8. The van der Waals surface area contributed by atoms with E-state index in [-0.39, 0.29) is 73.2 Å². The maximum atomic E-state index is 11.9. The van der Waals surface area contributed by atoms with E-state index < -0.39 is 87.0 Å². The maximum Gasteiger partial charge on any atom is 0.317 e. The lowest BCUT2D eigenvalue weighted by atomic mass is 10.0. The fourth-order valence-corrected chi connectivity index (χ4v) is 7.67. The van der Waals surface area contributed by atoms with Crippen LogP contribution in [0.3, 0.4) is 0 Å². The zero-order valence-electron chi connectivity index (χ0n) is 55.6. The van der Waals surface area contributed by atoms with Crippen molar-refractivity contribution in [3.05, 3.63) is 237 Å². The second-order valence-corrected chi connectivity index (χ2v) is 19.7. The van der Waals surface area contributed by atoms with Crippen molar-refractivity contribution in [2.24, 2.45) is 0 Å². The van der Waals surface area contributed by atoms with Gasteiger partial charge in [-0.3, -0.25) is 70.8 Å². The van der Waals surface area contributed by atoms with E-state index >= 15 is 0 Å². The molecule has 29 nitrogen and oxygen atoms in total. The number of nitrogens with two attached hydrogens (primary N) is 1. The summed E-state index contributed by atoms with van der Waals surface area (Å²) >= 11 is 0. The van der Waals surface area contributed by atoms with Gasteiger partial charge in [0.1, 0.15) is 50.6 Å². The Bertz CT molecular complexity index is 3640. The Hall–Kier alpha value is -11.1. The number of ether oxygens (including phenoxy) is 6. The molecule has 0 radical (unpaired) electrons. The van der Waals surface area contributed by atoms with Crippen LogP contribution in [-0.4, -0.2) is 39.6 Å². The molecular formula is C66H84N8O21. The first-order chi connectivity index (χ1) is 45.3. The molecule has 29 heteroatoms. The van der Waals surface area contributed by atoms with Crippen LogP contribution in [0.4, 0.5) is 45.5 Å². The van der Waals surface area contributed by atoms with Crippen LogP contribution in [0.15, 0.2) is 127 Å². The molecule has 0 fully saturated rings. The second-order valence-electron chi connectivity index (χ2n) is 19.7. The van der Waals surface area contributed by atoms with E-state index in [9.17, 15) is 75.9 Å². The summed E-state index contributed by atoms with van der Waals surface area (Å²) in [6, 6.07) is 26.5. The van der Waals surface area contributed by atoms with Gasteiger partial charge in [-0.1, -0.05) is 109 Å². The van der Waals surface area contributed by atoms with Gasteiger partial charge in [0, 0.05) is 36.0 Å². The number of hydrogen-bond acceptors (Lipinski definition) is 22. The minimum absolute atomic E-state index is 0.102. The normalized spacial score (nSPS) is 10.2. The number of aliphatic hydroxyl groups excluding tert-OH is 1. The average molecular weight is 1330 g/mol. The molecule has 0 bridgehead atoms. The van der Waals surface area contributed by atoms with E-state index in [1.807, 2.05) is 27.7 Å². The summed E-state index contributed by atoms with van der Waals surface area (Å²) in [6.07, 6.45) is 4.00. The average Bonchev–Trinajstić information content (AvgIpc) is 0.859. The van der Waals surface area contributed by atoms with Gasteiger partial charge in [-0.2, -0.15) is 0 Å². The van der Waals surface area contributed by atoms with Gasteiger partial charge < -0.3 is 39.3 Å². The van der Waals surface area contributed by atoms with Crippen LogP contribution in [0.25, 0.3) is 0 Å². The summed E-state index contributed by atoms with van der Waals surface area (Å²) in [5.74, 6) is -0.639. The Morgan fingerprint density at radius 1 is 0.358 bits per heavy atom. The van der Waals surface area contributed by atoms with Gasteiger partial charge >= 0.3 is 22.7 Å². The van der Waals surface area contributed by atoms with Gasteiger partial charge in [-0.25, -0.2) is 0 Å². The molecule has 0 heterocycles. The molecule has 3 N–H and O–H groups in total. The first kappa shape index (κ1) is 81.9. The highest BCUT2D eigenvalue weighted by atomic mass is 16.7. The largest absolute Gasteiger partial charge is 0.489 e. The molecule has 0 amide bonds. The minimum Gasteiger partial charge on any atom is -0.489 e. The first-order valence-corrected chi connectivity index (χ1v) is 30.4. The van der Waals surface area contributed by atoms with Crippen molar-refractivity contribution in [1.82, 2.24) is 0 Å². The number of nitro benzene ring substituents is 7. The van der Waals surface area contributed by atoms with Gasteiger partial charge in [0.15, 0.2) is 23.0 Å². The van der Waals surface area contributed by atoms with Gasteiger partial charge in [0.25, 0.3) is 17.1 Å². The summed E-state index contributed by atoms with van der Waals surface area (Å²) in [6.45, 7) is 24.7. The molecule has 0 saturated heterocycles. The third-order valence-electron chi connectivity index (χ3n) is 11.3. The van der Waals surface area contributed by atoms with E-state index in [0.29, 0.717) is 38.9 Å². The van der Waals surface area contributed by atoms with E-state index in [1.165, 1.54) is 62.9 Å². The molecule has 0 aromatic heterocycles. The van der Waals surface area contributed by atoms with Gasteiger partial charge in [0.05, 0.1) is 59.3 Å². The molecule has 7 aromatic rings. The number of nitro groups is 7. The minimum atomic E-state index is -1.00. The number of aliphatic hydroxyl groups is 1. The third kappa shape index (κ3) is 27.7. The van der Waals surface area contributed by atoms with Crippen molar-refractivity contribution in [1.29, 1.82) is 0 Å². The predicted octanol–water partition coefficient (Wildman–Crippen LogP) is 17.9. The predicted molar refractivity (Wildman–Crippen MR) is 359 cm³/mol. The summed E-state index contributed by atoms with van der Waals surface area (Å²) < 4.78 is 35.7. The zero-order valence-corrected chi connectivity index (χ0v) is 55.6. The Morgan fingerprint density at radius 2 is 0.632 bits per heavy atom. The van der Waals surface area contributed by atoms with E-state index in [0.717, 1.165) is 60.7 Å². The Labute approximate surface area is 550 Å². The Kier molecular flexibility index (Phi) is 37.6. The van der Waals surface area contributed by atoms with Crippen LogP contribution in [0.1, 0.15) is 161 Å². The molecule has 514 valence electrons. The van der Waals surface area contributed by atoms with Crippen molar-refractivity contribution in [2.75, 3.05) is 5.73 Å². The standard InChI is InChI=1S/C50H40N8O21.4C3H8.2C2H6/c1-29(79-50-9-5-40(54(64)65)21-46(50)58(72)73)36-14-34(13-35(15-36)28-78-49-8-4-39(53(62)63)20-45(49)57(70)71)25-75-42-17-30(23-59)16-41(22-42)74-24-31-10-32(26-76-47-6-2-37(51)18-43(47)55(66)67)12-33(11-31)27-77-48-7-3-38(52(60)61)19-44(48)56(68)69;4*1-3-2;2*1-2/h2-22,29,59H,23-28,51H2,1H3;4*3H2,1-2H3;2*1-2H3. The van der Waals surface area contributed by atoms with Crippen LogP contribution < -0.4 is 34.2 Å². The van der Waals surface area contributed by atoms with Crippen LogP contribution >= 0.6 is 0 Å². The molecule has 0 saturated carbocycles. The van der Waals surface area contributed by atoms with Crippen molar-refractivity contribution >= 4 is 45.5 Å². The fraction of sp³-hybridized carbons (Fsp3) is 0.364. The van der Waals surface area contributed by atoms with Crippen molar-refractivity contribution in [2.45, 2.75) is 161 Å². The Balaban J connectivity index is 0.00000257. The van der Waals surface area contributed by atoms with Crippen LogP contribution in [0.5, 0.6) is 34.5 Å². The molecule has 7 aromatic carbocycles. The number of benzene rings is 7. The van der Waals surface area contributed by atoms with Gasteiger partial charge in [-0.05, 0) is 125 Å². The van der Waals surface area contributed by atoms with Crippen LogP contribution in [0.2, 0.25) is 0 Å². The number of non-ortho nitro benzene ring substituents is 3. The molecule has 0 aliphatic rings. The summed E-state index contributed by atoms with van der Waals surface area (Å²) in [5, 5.41) is 91.7. The monoisotopic (exact) mass is 1320 g/mol. The van der Waals surface area contributed by atoms with E-state index in [2.05, 4.69) is 55.4 Å². The summed E-state index contributed by atoms with van der Waals surface area (Å²) in [7, 11) is 0. The molecule has 1 atom stereocenters. The lowest BCUT2D eigenvalue weighted by Gasteiger charge is -2.18.